The van der Waals surface area contributed by atoms with Crippen LogP contribution in [0.25, 0.3) is 10.9 Å². The van der Waals surface area contributed by atoms with Gasteiger partial charge in [-0.15, -0.1) is 0 Å². The van der Waals surface area contributed by atoms with Gasteiger partial charge >= 0.3 is 5.92 Å². The summed E-state index contributed by atoms with van der Waals surface area (Å²) in [5.41, 5.74) is 0.747. The van der Waals surface area contributed by atoms with E-state index in [9.17, 15) is 18.4 Å². The molecular weight excluding hydrogens is 618 g/mol. The number of aromatic nitrogens is 3. The Morgan fingerprint density at radius 1 is 1.18 bits per heavy atom. The Hall–Kier alpha value is -3.81. The van der Waals surface area contributed by atoms with Gasteiger partial charge in [-0.25, -0.2) is 22.5 Å². The van der Waals surface area contributed by atoms with Gasteiger partial charge in [0.05, 0.1) is 42.5 Å². The maximum Gasteiger partial charge on any atom is 0.301 e. The largest absolute Gasteiger partial charge is 0.480 e. The summed E-state index contributed by atoms with van der Waals surface area (Å²) in [6.45, 7) is 0.821. The minimum atomic E-state index is -3.16. The van der Waals surface area contributed by atoms with Gasteiger partial charge < -0.3 is 29.7 Å². The van der Waals surface area contributed by atoms with E-state index in [2.05, 4.69) is 20.6 Å². The average Bonchev–Trinajstić information content (AvgIpc) is 3.82. The maximum atomic E-state index is 15.0. The lowest BCUT2D eigenvalue weighted by atomic mass is 9.88. The number of nitrogens with one attached hydrogen (secondary N) is 2. The number of piperidine rings is 1. The van der Waals surface area contributed by atoms with E-state index in [1.165, 1.54) is 15.7 Å². The second-order valence-electron chi connectivity index (χ2n) is 12.8. The van der Waals surface area contributed by atoms with Crippen LogP contribution in [0.15, 0.2) is 29.2 Å². The van der Waals surface area contributed by atoms with Crippen LogP contribution in [0, 0.1) is 17.8 Å². The van der Waals surface area contributed by atoms with Gasteiger partial charge in [-0.3, -0.25) is 9.59 Å². The van der Waals surface area contributed by atoms with E-state index in [-0.39, 0.29) is 46.6 Å². The van der Waals surface area contributed by atoms with Gasteiger partial charge in [0, 0.05) is 31.2 Å². The highest BCUT2D eigenvalue weighted by atomic mass is 35.5. The Bertz CT molecular complexity index is 1740. The number of hydrogen-bond donors (Lipinski definition) is 2. The molecule has 1 amide bonds. The first-order chi connectivity index (χ1) is 21.3. The average molecular weight is 650 g/mol. The predicted octanol–water partition coefficient (Wildman–Crippen LogP) is 4.88. The van der Waals surface area contributed by atoms with E-state index in [0.717, 1.165) is 0 Å². The van der Waals surface area contributed by atoms with Gasteiger partial charge in [-0.2, -0.15) is 4.98 Å². The van der Waals surface area contributed by atoms with Crippen LogP contribution in [-0.4, -0.2) is 76.0 Å². The maximum absolute atomic E-state index is 15.0. The number of alkyl halides is 4. The molecule has 240 valence electrons. The van der Waals surface area contributed by atoms with Gasteiger partial charge in [0.1, 0.15) is 5.02 Å². The Morgan fingerprint density at radius 3 is 2.64 bits per heavy atom. The summed E-state index contributed by atoms with van der Waals surface area (Å²) in [6, 6.07) is 3.98. The minimum Gasteiger partial charge on any atom is -0.480 e. The molecule has 45 heavy (non-hydrogen) atoms. The van der Waals surface area contributed by atoms with Crippen LogP contribution in [0.1, 0.15) is 26.2 Å². The topological polar surface area (TPSA) is 105 Å². The molecule has 0 bridgehead atoms. The first-order valence-corrected chi connectivity index (χ1v) is 15.3. The SMILES string of the molecule is CC1CC(C(=O)N2CC(F)(F)C2)CN(c2ncc(Cl)c(Nc3ccc4c(c3)c3c(c(=O)n4C)OCC(F)(F)[C@H](C4CC4)N3)n2)C1. The Kier molecular flexibility index (Phi) is 7.06. The quantitative estimate of drug-likeness (QED) is 0.377. The predicted molar refractivity (Wildman–Crippen MR) is 161 cm³/mol. The number of likely N-dealkylation sites (tertiary alicyclic amines) is 1. The van der Waals surface area contributed by atoms with Crippen LogP contribution in [-0.2, 0) is 11.8 Å². The van der Waals surface area contributed by atoms with E-state index in [1.807, 2.05) is 11.8 Å². The number of anilines is 4. The molecule has 2 saturated heterocycles. The third-order valence-corrected chi connectivity index (χ3v) is 9.33. The summed E-state index contributed by atoms with van der Waals surface area (Å²) < 4.78 is 63.6. The summed E-state index contributed by atoms with van der Waals surface area (Å²) in [4.78, 5) is 38.1. The second kappa shape index (κ2) is 10.6. The molecule has 3 aromatic rings. The molecule has 4 aliphatic rings. The molecule has 1 saturated carbocycles. The number of pyridine rings is 1. The zero-order valence-corrected chi connectivity index (χ0v) is 25.4. The van der Waals surface area contributed by atoms with Crippen LogP contribution < -0.4 is 25.8 Å². The van der Waals surface area contributed by atoms with E-state index in [0.29, 0.717) is 48.3 Å². The summed E-state index contributed by atoms with van der Waals surface area (Å²) in [7, 11) is 1.56. The number of nitrogens with zero attached hydrogens (tertiary/aromatic N) is 5. The van der Waals surface area contributed by atoms with E-state index in [4.69, 9.17) is 16.3 Å². The van der Waals surface area contributed by atoms with Crippen molar-refractivity contribution in [1.82, 2.24) is 19.4 Å². The fraction of sp³-hybridized carbons (Fsp3) is 0.533. The molecule has 7 rings (SSSR count). The summed E-state index contributed by atoms with van der Waals surface area (Å²) in [5.74, 6) is -6.45. The van der Waals surface area contributed by atoms with Crippen LogP contribution in [0.4, 0.5) is 40.7 Å². The number of ether oxygens (including phenoxy) is 1. The van der Waals surface area contributed by atoms with Crippen molar-refractivity contribution < 1.29 is 27.1 Å². The van der Waals surface area contributed by atoms with Crippen molar-refractivity contribution >= 4 is 51.6 Å². The standard InChI is InChI=1S/C30H32ClF4N7O3/c1-15-7-17(26(43)42-12-29(32,33)13-42)11-41(10-15)28-36-9-20(31)25(39-28)37-18-5-6-21-19(8-18)22-23(27(44)40(21)2)45-14-30(34,35)24(38-22)16-3-4-16/h5-6,8-9,15-17,24,38H,3-4,7,10-14H2,1-2H3,(H,36,37,39)/t15?,17?,24-/m0/s1. The van der Waals surface area contributed by atoms with Gasteiger partial charge in [0.2, 0.25) is 17.6 Å². The number of hydrogen-bond acceptors (Lipinski definition) is 8. The Morgan fingerprint density at radius 2 is 1.93 bits per heavy atom. The van der Waals surface area contributed by atoms with Crippen molar-refractivity contribution in [3.63, 3.8) is 0 Å². The summed E-state index contributed by atoms with van der Waals surface area (Å²) in [5, 5.41) is 6.87. The Balaban J connectivity index is 1.18. The molecule has 2 unspecified atom stereocenters. The minimum absolute atomic E-state index is 0.0918. The molecule has 15 heteroatoms. The molecule has 3 atom stereocenters. The third-order valence-electron chi connectivity index (χ3n) is 9.05. The molecule has 0 spiro atoms. The summed E-state index contributed by atoms with van der Waals surface area (Å²) >= 11 is 6.48. The molecule has 0 radical (unpaired) electrons. The third kappa shape index (κ3) is 5.50. The van der Waals surface area contributed by atoms with Crippen molar-refractivity contribution in [2.75, 3.05) is 48.3 Å². The number of carbonyl (C=O) groups is 1. The fourth-order valence-electron chi connectivity index (χ4n) is 6.64. The molecular formula is C30H32ClF4N7O3. The number of carbonyl (C=O) groups excluding carboxylic acids is 1. The number of halogens is 5. The van der Waals surface area contributed by atoms with Crippen LogP contribution in [0.2, 0.25) is 5.02 Å². The lowest BCUT2D eigenvalue weighted by molar-refractivity contribution is -0.170. The van der Waals surface area contributed by atoms with Crippen LogP contribution >= 0.6 is 11.6 Å². The van der Waals surface area contributed by atoms with Crippen molar-refractivity contribution in [2.45, 2.75) is 44.1 Å². The molecule has 5 heterocycles. The molecule has 3 fully saturated rings. The second-order valence-corrected chi connectivity index (χ2v) is 13.2. The number of aryl methyl sites for hydroxylation is 1. The zero-order valence-electron chi connectivity index (χ0n) is 24.6. The van der Waals surface area contributed by atoms with Crippen LogP contribution in [0.3, 0.4) is 0 Å². The van der Waals surface area contributed by atoms with E-state index >= 15 is 8.78 Å². The van der Waals surface area contributed by atoms with Crippen molar-refractivity contribution in [3.05, 3.63) is 39.8 Å². The van der Waals surface area contributed by atoms with E-state index < -0.39 is 49.1 Å². The zero-order chi connectivity index (χ0) is 31.8. The van der Waals surface area contributed by atoms with Gasteiger partial charge in [-0.05, 0) is 49.3 Å². The monoisotopic (exact) mass is 649 g/mol. The smallest absolute Gasteiger partial charge is 0.301 e. The number of amides is 1. The van der Waals surface area contributed by atoms with Gasteiger partial charge in [-0.1, -0.05) is 18.5 Å². The number of fused-ring (bicyclic) bond motifs is 3. The molecule has 2 aromatic heterocycles. The highest BCUT2D eigenvalue weighted by Gasteiger charge is 2.51. The fourth-order valence-corrected chi connectivity index (χ4v) is 6.78. The summed E-state index contributed by atoms with van der Waals surface area (Å²) in [6.07, 6.45) is 3.36. The molecule has 1 aromatic carbocycles. The van der Waals surface area contributed by atoms with Gasteiger partial charge in [0.15, 0.2) is 12.4 Å². The number of rotatable bonds is 5. The number of benzene rings is 1. The Labute approximate surface area is 260 Å². The first-order valence-electron chi connectivity index (χ1n) is 14.9. The lowest BCUT2D eigenvalue weighted by Crippen LogP contribution is -2.61. The molecule has 1 aliphatic carbocycles. The van der Waals surface area contributed by atoms with Crippen molar-refractivity contribution in [3.8, 4) is 5.75 Å². The molecule has 3 aliphatic heterocycles. The van der Waals surface area contributed by atoms with Gasteiger partial charge in [0.25, 0.3) is 11.5 Å². The molecule has 2 N–H and O–H groups in total. The van der Waals surface area contributed by atoms with E-state index in [1.54, 1.807) is 25.2 Å². The molecule has 10 nitrogen and oxygen atoms in total. The first kappa shape index (κ1) is 29.9. The van der Waals surface area contributed by atoms with Crippen LogP contribution in [0.5, 0.6) is 5.75 Å². The van der Waals surface area contributed by atoms with Crippen molar-refractivity contribution in [1.29, 1.82) is 0 Å². The normalized spacial score (nSPS) is 25.4. The van der Waals surface area contributed by atoms with Crippen molar-refractivity contribution in [2.24, 2.45) is 24.8 Å². The highest BCUT2D eigenvalue weighted by molar-refractivity contribution is 6.33. The lowest BCUT2D eigenvalue weighted by Gasteiger charge is -2.43. The highest BCUT2D eigenvalue weighted by Crippen LogP contribution is 2.46.